The lowest BCUT2D eigenvalue weighted by molar-refractivity contribution is 0.0170. The highest BCUT2D eigenvalue weighted by Crippen LogP contribution is 2.24. The van der Waals surface area contributed by atoms with Crippen molar-refractivity contribution in [2.75, 3.05) is 39.9 Å². The van der Waals surface area contributed by atoms with E-state index in [4.69, 9.17) is 20.9 Å². The third-order valence-electron chi connectivity index (χ3n) is 5.82. The Labute approximate surface area is 190 Å². The van der Waals surface area contributed by atoms with E-state index in [-0.39, 0.29) is 6.04 Å². The molecule has 0 amide bonds. The van der Waals surface area contributed by atoms with Crippen LogP contribution in [0.3, 0.4) is 0 Å². The van der Waals surface area contributed by atoms with Crippen LogP contribution in [0.1, 0.15) is 55.7 Å². The second kappa shape index (κ2) is 12.1. The number of morpholine rings is 1. The van der Waals surface area contributed by atoms with Crippen LogP contribution in [0.4, 0.5) is 0 Å². The Morgan fingerprint density at radius 1 is 1.19 bits per heavy atom. The Bertz CT molecular complexity index is 831. The van der Waals surface area contributed by atoms with Gasteiger partial charge in [0.05, 0.1) is 31.5 Å². The minimum atomic E-state index is 0.174. The summed E-state index contributed by atoms with van der Waals surface area (Å²) in [4.78, 5) is 6.79. The van der Waals surface area contributed by atoms with Gasteiger partial charge < -0.3 is 19.9 Å². The summed E-state index contributed by atoms with van der Waals surface area (Å²) >= 11 is 6.26. The zero-order valence-corrected chi connectivity index (χ0v) is 19.5. The summed E-state index contributed by atoms with van der Waals surface area (Å²) in [5.41, 5.74) is 2.21. The lowest BCUT2D eigenvalue weighted by Crippen LogP contribution is -2.46. The van der Waals surface area contributed by atoms with Gasteiger partial charge in [0.1, 0.15) is 0 Å². The van der Waals surface area contributed by atoms with Crippen LogP contribution in [0.5, 0.6) is 0 Å². The van der Waals surface area contributed by atoms with E-state index in [1.165, 1.54) is 5.56 Å². The molecule has 1 aliphatic rings. The van der Waals surface area contributed by atoms with Gasteiger partial charge in [-0.15, -0.1) is 0 Å². The molecule has 0 saturated carbocycles. The SMILES string of the molecule is CCC(CC)c1cc(CNC(=NC)NCC(c2cccc(Cl)c2)N2CCOCC2)on1. The molecule has 0 spiro atoms. The molecule has 8 heteroatoms. The van der Waals surface area contributed by atoms with Crippen molar-refractivity contribution in [3.63, 3.8) is 0 Å². The van der Waals surface area contributed by atoms with E-state index in [9.17, 15) is 0 Å². The molecule has 1 fully saturated rings. The van der Waals surface area contributed by atoms with E-state index in [0.717, 1.165) is 61.6 Å². The van der Waals surface area contributed by atoms with Crippen molar-refractivity contribution in [3.8, 4) is 0 Å². The molecule has 1 atom stereocenters. The topological polar surface area (TPSA) is 74.9 Å². The highest BCUT2D eigenvalue weighted by molar-refractivity contribution is 6.30. The highest BCUT2D eigenvalue weighted by Gasteiger charge is 2.23. The lowest BCUT2D eigenvalue weighted by atomic mass is 9.99. The number of aromatic nitrogens is 1. The molecule has 2 N–H and O–H groups in total. The second-order valence-electron chi connectivity index (χ2n) is 7.76. The first-order valence-corrected chi connectivity index (χ1v) is 11.5. The smallest absolute Gasteiger partial charge is 0.191 e. The number of hydrogen-bond donors (Lipinski definition) is 2. The van der Waals surface area contributed by atoms with Gasteiger partial charge >= 0.3 is 0 Å². The molecule has 7 nitrogen and oxygen atoms in total. The van der Waals surface area contributed by atoms with Gasteiger partial charge in [-0.05, 0) is 30.5 Å². The minimum absolute atomic E-state index is 0.174. The average molecular weight is 448 g/mol. The van der Waals surface area contributed by atoms with Crippen LogP contribution in [-0.2, 0) is 11.3 Å². The van der Waals surface area contributed by atoms with Crippen molar-refractivity contribution < 1.29 is 9.26 Å². The maximum absolute atomic E-state index is 6.26. The average Bonchev–Trinajstić information content (AvgIpc) is 3.26. The molecular weight excluding hydrogens is 414 g/mol. The number of benzene rings is 1. The molecule has 1 unspecified atom stereocenters. The molecule has 0 aliphatic carbocycles. The van der Waals surface area contributed by atoms with Gasteiger partial charge in [0.15, 0.2) is 11.7 Å². The quantitative estimate of drug-likeness (QED) is 0.447. The molecule has 0 bridgehead atoms. The van der Waals surface area contributed by atoms with Crippen molar-refractivity contribution >= 4 is 17.6 Å². The molecule has 0 radical (unpaired) electrons. The van der Waals surface area contributed by atoms with Crippen molar-refractivity contribution in [1.82, 2.24) is 20.7 Å². The zero-order chi connectivity index (χ0) is 22.1. The first-order valence-electron chi connectivity index (χ1n) is 11.1. The molecule has 1 aromatic heterocycles. The fourth-order valence-electron chi connectivity index (χ4n) is 3.96. The van der Waals surface area contributed by atoms with E-state index in [0.29, 0.717) is 19.0 Å². The maximum Gasteiger partial charge on any atom is 0.191 e. The molecule has 31 heavy (non-hydrogen) atoms. The lowest BCUT2D eigenvalue weighted by Gasteiger charge is -2.35. The van der Waals surface area contributed by atoms with Crippen LogP contribution >= 0.6 is 11.6 Å². The fourth-order valence-corrected chi connectivity index (χ4v) is 4.16. The van der Waals surface area contributed by atoms with Gasteiger partial charge in [-0.2, -0.15) is 0 Å². The van der Waals surface area contributed by atoms with E-state index in [1.54, 1.807) is 7.05 Å². The Morgan fingerprint density at radius 3 is 2.65 bits per heavy atom. The van der Waals surface area contributed by atoms with Crippen molar-refractivity contribution in [1.29, 1.82) is 0 Å². The molecular formula is C23H34ClN5O2. The third-order valence-corrected chi connectivity index (χ3v) is 6.05. The van der Waals surface area contributed by atoms with Gasteiger partial charge in [-0.1, -0.05) is 42.7 Å². The molecule has 3 rings (SSSR count). The number of nitrogens with one attached hydrogen (secondary N) is 2. The largest absolute Gasteiger partial charge is 0.379 e. The Morgan fingerprint density at radius 2 is 1.97 bits per heavy atom. The molecule has 1 aliphatic heterocycles. The number of halogens is 1. The number of guanidine groups is 1. The van der Waals surface area contributed by atoms with E-state index >= 15 is 0 Å². The Hall–Kier alpha value is -2.09. The summed E-state index contributed by atoms with van der Waals surface area (Å²) < 4.78 is 11.1. The number of ether oxygens (including phenoxy) is 1. The monoisotopic (exact) mass is 447 g/mol. The number of nitrogens with zero attached hydrogens (tertiary/aromatic N) is 3. The molecule has 2 heterocycles. The van der Waals surface area contributed by atoms with Crippen molar-refractivity contribution in [3.05, 3.63) is 52.4 Å². The molecule has 1 saturated heterocycles. The third kappa shape index (κ3) is 6.69. The van der Waals surface area contributed by atoms with Gasteiger partial charge in [0, 0.05) is 43.7 Å². The number of rotatable bonds is 9. The molecule has 1 aromatic carbocycles. The van der Waals surface area contributed by atoms with Crippen molar-refractivity contribution in [2.24, 2.45) is 4.99 Å². The van der Waals surface area contributed by atoms with Crippen LogP contribution in [0.2, 0.25) is 5.02 Å². The first-order chi connectivity index (χ1) is 15.1. The standard InChI is InChI=1S/C23H34ClN5O2/c1-4-17(5-2)21-14-20(31-28-21)15-26-23(25-3)27-16-22(29-9-11-30-12-10-29)18-7-6-8-19(24)13-18/h6-8,13-14,17,22H,4-5,9-12,15-16H2,1-3H3,(H2,25,26,27). The van der Waals surface area contributed by atoms with Gasteiger partial charge in [-0.25, -0.2) is 0 Å². The summed E-state index contributed by atoms with van der Waals surface area (Å²) in [5, 5.41) is 11.8. The van der Waals surface area contributed by atoms with Crippen LogP contribution in [0.25, 0.3) is 0 Å². The van der Waals surface area contributed by atoms with Crippen LogP contribution in [0.15, 0.2) is 39.8 Å². The maximum atomic E-state index is 6.26. The van der Waals surface area contributed by atoms with Crippen LogP contribution < -0.4 is 10.6 Å². The van der Waals surface area contributed by atoms with E-state index in [2.05, 4.69) is 45.6 Å². The van der Waals surface area contributed by atoms with E-state index < -0.39 is 0 Å². The second-order valence-corrected chi connectivity index (χ2v) is 8.19. The fraction of sp³-hybridized carbons (Fsp3) is 0.565. The van der Waals surface area contributed by atoms with Crippen molar-refractivity contribution in [2.45, 2.75) is 45.2 Å². The highest BCUT2D eigenvalue weighted by atomic mass is 35.5. The molecule has 2 aromatic rings. The Balaban J connectivity index is 1.60. The summed E-state index contributed by atoms with van der Waals surface area (Å²) in [7, 11) is 1.77. The first kappa shape index (κ1) is 23.6. The Kier molecular flexibility index (Phi) is 9.18. The van der Waals surface area contributed by atoms with E-state index in [1.807, 2.05) is 24.3 Å². The summed E-state index contributed by atoms with van der Waals surface area (Å²) in [6, 6.07) is 10.3. The predicted molar refractivity (Wildman–Crippen MR) is 125 cm³/mol. The van der Waals surface area contributed by atoms with Gasteiger partial charge in [0.25, 0.3) is 0 Å². The summed E-state index contributed by atoms with van der Waals surface area (Å²) in [6.07, 6.45) is 2.12. The van der Waals surface area contributed by atoms with Gasteiger partial charge in [0.2, 0.25) is 0 Å². The van der Waals surface area contributed by atoms with Gasteiger partial charge in [-0.3, -0.25) is 9.89 Å². The number of aliphatic imine (C=N–C) groups is 1. The van der Waals surface area contributed by atoms with Crippen LogP contribution in [0, 0.1) is 0 Å². The van der Waals surface area contributed by atoms with Crippen LogP contribution in [-0.4, -0.2) is 55.9 Å². The zero-order valence-electron chi connectivity index (χ0n) is 18.7. The normalized spacial score (nSPS) is 16.5. The summed E-state index contributed by atoms with van der Waals surface area (Å²) in [5.74, 6) is 1.98. The number of hydrogen-bond acceptors (Lipinski definition) is 5. The predicted octanol–water partition coefficient (Wildman–Crippen LogP) is 3.97. The molecule has 170 valence electrons. The minimum Gasteiger partial charge on any atom is -0.379 e. The summed E-state index contributed by atoms with van der Waals surface area (Å²) in [6.45, 7) is 8.86.